The lowest BCUT2D eigenvalue weighted by atomic mass is 10.2. The normalized spacial score (nSPS) is 11.1. The molecule has 0 atom stereocenters. The molecule has 7 nitrogen and oxygen atoms in total. The first-order valence-corrected chi connectivity index (χ1v) is 9.68. The number of nitrogens with one attached hydrogen (secondary N) is 3. The van der Waals surface area contributed by atoms with Crippen LogP contribution in [-0.2, 0) is 20.9 Å². The fourth-order valence-corrected chi connectivity index (χ4v) is 2.45. The lowest BCUT2D eigenvalue weighted by Gasteiger charge is -2.19. The van der Waals surface area contributed by atoms with Gasteiger partial charge in [-0.15, -0.1) is 0 Å². The topological polar surface area (TPSA) is 96.5 Å². The monoisotopic (exact) mass is 427 g/mol. The molecule has 0 aliphatic heterocycles. The molecule has 31 heavy (non-hydrogen) atoms. The minimum atomic E-state index is -0.671. The Kier molecular flexibility index (Phi) is 8.31. The largest absolute Gasteiger partial charge is 0.444 e. The van der Waals surface area contributed by atoms with E-state index in [1.807, 2.05) is 0 Å². The average molecular weight is 427 g/mol. The first-order chi connectivity index (χ1) is 14.6. The molecule has 8 heteroatoms. The van der Waals surface area contributed by atoms with Crippen molar-refractivity contribution in [3.8, 4) is 0 Å². The van der Waals surface area contributed by atoms with E-state index >= 15 is 0 Å². The standard InChI is InChI=1S/C23H26FN3O4/c1-23(2,3)31-22(30)26-15-21(29)25-14-16-7-6-9-18(13-16)27-20(28)12-11-17-8-4-5-10-19(17)24/h4-13H,14-15H2,1-3H3,(H,25,29)(H,26,30)(H,27,28)/b12-11+. The van der Waals surface area contributed by atoms with Crippen LogP contribution >= 0.6 is 0 Å². The van der Waals surface area contributed by atoms with Crippen molar-refractivity contribution in [1.82, 2.24) is 10.6 Å². The van der Waals surface area contributed by atoms with Crippen molar-refractivity contribution in [3.05, 3.63) is 71.6 Å². The third kappa shape index (κ3) is 9.12. The van der Waals surface area contributed by atoms with E-state index in [-0.39, 0.29) is 19.0 Å². The summed E-state index contributed by atoms with van der Waals surface area (Å²) in [5.74, 6) is -1.20. The van der Waals surface area contributed by atoms with Crippen LogP contribution in [0, 0.1) is 5.82 Å². The maximum Gasteiger partial charge on any atom is 0.408 e. The van der Waals surface area contributed by atoms with Gasteiger partial charge >= 0.3 is 6.09 Å². The third-order valence-corrected chi connectivity index (χ3v) is 3.80. The van der Waals surface area contributed by atoms with Gasteiger partial charge in [-0.25, -0.2) is 9.18 Å². The highest BCUT2D eigenvalue weighted by Gasteiger charge is 2.16. The van der Waals surface area contributed by atoms with Crippen LogP contribution in [0.1, 0.15) is 31.9 Å². The van der Waals surface area contributed by atoms with Crippen LogP contribution in [0.25, 0.3) is 6.08 Å². The van der Waals surface area contributed by atoms with Gasteiger partial charge in [0.2, 0.25) is 11.8 Å². The van der Waals surface area contributed by atoms with Gasteiger partial charge < -0.3 is 20.7 Å². The van der Waals surface area contributed by atoms with Crippen LogP contribution in [0.4, 0.5) is 14.9 Å². The zero-order chi connectivity index (χ0) is 22.9. The summed E-state index contributed by atoms with van der Waals surface area (Å²) in [6, 6.07) is 13.1. The second kappa shape index (κ2) is 10.9. The summed E-state index contributed by atoms with van der Waals surface area (Å²) in [5, 5.41) is 7.74. The summed E-state index contributed by atoms with van der Waals surface area (Å²) >= 11 is 0. The molecule has 0 spiro atoms. The van der Waals surface area contributed by atoms with Crippen LogP contribution in [0.2, 0.25) is 0 Å². The highest BCUT2D eigenvalue weighted by atomic mass is 19.1. The van der Waals surface area contributed by atoms with Crippen molar-refractivity contribution < 1.29 is 23.5 Å². The summed E-state index contributed by atoms with van der Waals surface area (Å²) < 4.78 is 18.7. The third-order valence-electron chi connectivity index (χ3n) is 3.80. The molecule has 0 heterocycles. The van der Waals surface area contributed by atoms with Crippen LogP contribution in [0.15, 0.2) is 54.6 Å². The molecule has 3 amide bonds. The first kappa shape index (κ1) is 23.6. The van der Waals surface area contributed by atoms with Gasteiger partial charge in [-0.3, -0.25) is 9.59 Å². The van der Waals surface area contributed by atoms with E-state index in [0.29, 0.717) is 11.3 Å². The van der Waals surface area contributed by atoms with Crippen LogP contribution in [0.3, 0.4) is 0 Å². The Bertz CT molecular complexity index is 967. The summed E-state index contributed by atoms with van der Waals surface area (Å²) in [4.78, 5) is 35.6. The second-order valence-corrected chi connectivity index (χ2v) is 7.68. The Morgan fingerprint density at radius 2 is 1.77 bits per heavy atom. The maximum absolute atomic E-state index is 13.6. The van der Waals surface area contributed by atoms with Gasteiger partial charge in [-0.05, 0) is 50.6 Å². The molecular formula is C23H26FN3O4. The predicted octanol–water partition coefficient (Wildman–Crippen LogP) is 3.62. The number of carbonyl (C=O) groups excluding carboxylic acids is 3. The molecule has 3 N–H and O–H groups in total. The second-order valence-electron chi connectivity index (χ2n) is 7.68. The Morgan fingerprint density at radius 1 is 1.03 bits per heavy atom. The van der Waals surface area contributed by atoms with Crippen molar-refractivity contribution in [3.63, 3.8) is 0 Å². The van der Waals surface area contributed by atoms with Gasteiger partial charge in [0.25, 0.3) is 0 Å². The van der Waals surface area contributed by atoms with Crippen molar-refractivity contribution in [1.29, 1.82) is 0 Å². The molecule has 0 aliphatic rings. The van der Waals surface area contributed by atoms with Gasteiger partial charge in [-0.1, -0.05) is 30.3 Å². The number of amides is 3. The van der Waals surface area contributed by atoms with Crippen molar-refractivity contribution >= 4 is 29.7 Å². The molecule has 0 radical (unpaired) electrons. The minimum Gasteiger partial charge on any atom is -0.444 e. The van der Waals surface area contributed by atoms with Gasteiger partial charge in [0, 0.05) is 23.9 Å². The first-order valence-electron chi connectivity index (χ1n) is 9.68. The lowest BCUT2D eigenvalue weighted by molar-refractivity contribution is -0.120. The van der Waals surface area contributed by atoms with Crippen LogP contribution in [0.5, 0.6) is 0 Å². The van der Waals surface area contributed by atoms with Crippen molar-refractivity contribution in [2.45, 2.75) is 32.9 Å². The van der Waals surface area contributed by atoms with Gasteiger partial charge in [0.1, 0.15) is 18.0 Å². The number of alkyl carbamates (subject to hydrolysis) is 1. The number of hydrogen-bond acceptors (Lipinski definition) is 4. The molecule has 0 saturated heterocycles. The smallest absolute Gasteiger partial charge is 0.408 e. The summed E-state index contributed by atoms with van der Waals surface area (Å²) in [6.07, 6.45) is 1.97. The zero-order valence-electron chi connectivity index (χ0n) is 17.7. The quantitative estimate of drug-likeness (QED) is 0.588. The summed E-state index contributed by atoms with van der Waals surface area (Å²) in [6.45, 7) is 5.19. The molecule has 0 unspecified atom stereocenters. The Balaban J connectivity index is 1.82. The number of carbonyl (C=O) groups is 3. The highest BCUT2D eigenvalue weighted by molar-refractivity contribution is 6.02. The van der Waals surface area contributed by atoms with E-state index in [0.717, 1.165) is 5.56 Å². The van der Waals surface area contributed by atoms with E-state index in [4.69, 9.17) is 4.74 Å². The van der Waals surface area contributed by atoms with Gasteiger partial charge in [-0.2, -0.15) is 0 Å². The van der Waals surface area contributed by atoms with Crippen molar-refractivity contribution in [2.75, 3.05) is 11.9 Å². The number of halogens is 1. The van der Waals surface area contributed by atoms with Crippen LogP contribution in [-0.4, -0.2) is 30.1 Å². The molecule has 2 aromatic carbocycles. The highest BCUT2D eigenvalue weighted by Crippen LogP contribution is 2.12. The number of ether oxygens (including phenoxy) is 1. The maximum atomic E-state index is 13.6. The van der Waals surface area contributed by atoms with Crippen molar-refractivity contribution in [2.24, 2.45) is 0 Å². The molecular weight excluding hydrogens is 401 g/mol. The van der Waals surface area contributed by atoms with E-state index < -0.39 is 23.4 Å². The average Bonchev–Trinajstić information content (AvgIpc) is 2.69. The fourth-order valence-electron chi connectivity index (χ4n) is 2.45. The number of benzene rings is 2. The minimum absolute atomic E-state index is 0.212. The molecule has 2 rings (SSSR count). The van der Waals surface area contributed by atoms with Crippen LogP contribution < -0.4 is 16.0 Å². The molecule has 0 saturated carbocycles. The summed E-state index contributed by atoms with van der Waals surface area (Å²) in [5.41, 5.74) is 0.952. The number of anilines is 1. The van der Waals surface area contributed by atoms with Gasteiger partial charge in [0.15, 0.2) is 0 Å². The van der Waals surface area contributed by atoms with E-state index in [1.54, 1.807) is 63.2 Å². The lowest BCUT2D eigenvalue weighted by Crippen LogP contribution is -2.39. The van der Waals surface area contributed by atoms with E-state index in [1.165, 1.54) is 18.2 Å². The Morgan fingerprint density at radius 3 is 2.48 bits per heavy atom. The Labute approximate surface area is 180 Å². The van der Waals surface area contributed by atoms with E-state index in [2.05, 4.69) is 16.0 Å². The predicted molar refractivity (Wildman–Crippen MR) is 117 cm³/mol. The molecule has 0 fully saturated rings. The fraction of sp³-hybridized carbons (Fsp3) is 0.261. The molecule has 0 aliphatic carbocycles. The van der Waals surface area contributed by atoms with Gasteiger partial charge in [0.05, 0.1) is 0 Å². The van der Waals surface area contributed by atoms with E-state index in [9.17, 15) is 18.8 Å². The zero-order valence-corrected chi connectivity index (χ0v) is 17.7. The molecule has 0 aromatic heterocycles. The SMILES string of the molecule is CC(C)(C)OC(=O)NCC(=O)NCc1cccc(NC(=O)/C=C/c2ccccc2F)c1. The Hall–Kier alpha value is -3.68. The number of hydrogen-bond donors (Lipinski definition) is 3. The molecule has 2 aromatic rings. The summed E-state index contributed by atoms with van der Waals surface area (Å²) in [7, 11) is 0. The number of rotatable bonds is 7. The molecule has 164 valence electrons. The molecule has 0 bridgehead atoms.